The fraction of sp³-hybridized carbons (Fsp3) is 0.529. The third-order valence-corrected chi connectivity index (χ3v) is 4.08. The van der Waals surface area contributed by atoms with Gasteiger partial charge in [0.15, 0.2) is 5.60 Å². The quantitative estimate of drug-likeness (QED) is 0.799. The summed E-state index contributed by atoms with van der Waals surface area (Å²) in [6.07, 6.45) is 1.16. The number of carbonyl (C=O) groups is 2. The van der Waals surface area contributed by atoms with E-state index in [4.69, 9.17) is 14.6 Å². The Labute approximate surface area is 135 Å². The van der Waals surface area contributed by atoms with E-state index < -0.39 is 17.6 Å². The summed E-state index contributed by atoms with van der Waals surface area (Å²) < 4.78 is 11.3. The maximum atomic E-state index is 12.7. The molecule has 1 atom stereocenters. The van der Waals surface area contributed by atoms with Gasteiger partial charge >= 0.3 is 5.97 Å². The van der Waals surface area contributed by atoms with Crippen LogP contribution in [0.3, 0.4) is 0 Å². The highest BCUT2D eigenvalue weighted by Gasteiger charge is 2.42. The number of carboxylic acids is 1. The summed E-state index contributed by atoms with van der Waals surface area (Å²) in [7, 11) is 0. The van der Waals surface area contributed by atoms with Crippen molar-refractivity contribution in [2.24, 2.45) is 0 Å². The predicted octanol–water partition coefficient (Wildman–Crippen LogP) is 1.73. The van der Waals surface area contributed by atoms with E-state index in [-0.39, 0.29) is 5.91 Å². The number of carboxylic acid groups (broad SMARTS) is 1. The zero-order chi connectivity index (χ0) is 16.7. The van der Waals surface area contributed by atoms with Crippen LogP contribution in [-0.2, 0) is 25.7 Å². The Balaban J connectivity index is 2.08. The van der Waals surface area contributed by atoms with Crippen LogP contribution in [0.4, 0.5) is 0 Å². The van der Waals surface area contributed by atoms with Gasteiger partial charge in [-0.3, -0.25) is 4.79 Å². The van der Waals surface area contributed by atoms with E-state index in [0.29, 0.717) is 39.1 Å². The molecule has 1 aliphatic heterocycles. The summed E-state index contributed by atoms with van der Waals surface area (Å²) in [5, 5.41) is 11.7. The van der Waals surface area contributed by atoms with Crippen LogP contribution < -0.4 is 5.32 Å². The Morgan fingerprint density at radius 2 is 1.96 bits per heavy atom. The first-order valence-electron chi connectivity index (χ1n) is 7.87. The highest BCUT2D eigenvalue weighted by atomic mass is 16.5. The van der Waals surface area contributed by atoms with Crippen LogP contribution in [0.15, 0.2) is 30.3 Å². The number of hydrogen-bond donors (Lipinski definition) is 2. The summed E-state index contributed by atoms with van der Waals surface area (Å²) in [6, 6.07) is 8.69. The molecule has 1 saturated heterocycles. The minimum atomic E-state index is -1.04. The molecule has 1 aromatic carbocycles. The highest BCUT2D eigenvalue weighted by molar-refractivity contribution is 5.89. The number of nitrogens with one attached hydrogen (secondary N) is 1. The SMILES string of the molecule is CCC(NC(=O)C1(OCc2ccccc2)CCOCC1)C(=O)O. The van der Waals surface area contributed by atoms with Crippen LogP contribution in [0.25, 0.3) is 0 Å². The van der Waals surface area contributed by atoms with E-state index in [1.807, 2.05) is 30.3 Å². The van der Waals surface area contributed by atoms with Gasteiger partial charge in [-0.2, -0.15) is 0 Å². The molecule has 1 unspecified atom stereocenters. The van der Waals surface area contributed by atoms with Gasteiger partial charge in [0.2, 0.25) is 0 Å². The maximum Gasteiger partial charge on any atom is 0.326 e. The predicted molar refractivity (Wildman–Crippen MR) is 83.9 cm³/mol. The topological polar surface area (TPSA) is 84.9 Å². The van der Waals surface area contributed by atoms with Crippen molar-refractivity contribution >= 4 is 11.9 Å². The molecule has 1 heterocycles. The molecule has 6 nitrogen and oxygen atoms in total. The number of rotatable bonds is 7. The largest absolute Gasteiger partial charge is 0.480 e. The van der Waals surface area contributed by atoms with Gasteiger partial charge in [-0.1, -0.05) is 37.3 Å². The Morgan fingerprint density at radius 1 is 1.30 bits per heavy atom. The molecule has 0 spiro atoms. The summed E-state index contributed by atoms with van der Waals surface area (Å²) in [6.45, 7) is 2.87. The van der Waals surface area contributed by atoms with Crippen LogP contribution >= 0.6 is 0 Å². The molecule has 1 aliphatic rings. The van der Waals surface area contributed by atoms with Crippen molar-refractivity contribution in [3.8, 4) is 0 Å². The Kier molecular flexibility index (Phi) is 6.12. The number of benzene rings is 1. The van der Waals surface area contributed by atoms with Gasteiger partial charge in [-0.15, -0.1) is 0 Å². The number of hydrogen-bond acceptors (Lipinski definition) is 4. The van der Waals surface area contributed by atoms with Gasteiger partial charge in [0.05, 0.1) is 6.61 Å². The molecule has 23 heavy (non-hydrogen) atoms. The van der Waals surface area contributed by atoms with E-state index in [9.17, 15) is 9.59 Å². The monoisotopic (exact) mass is 321 g/mol. The molecule has 0 radical (unpaired) electrons. The van der Waals surface area contributed by atoms with E-state index in [2.05, 4.69) is 5.32 Å². The van der Waals surface area contributed by atoms with Crippen molar-refractivity contribution in [3.05, 3.63) is 35.9 Å². The lowest BCUT2D eigenvalue weighted by molar-refractivity contribution is -0.166. The molecule has 6 heteroatoms. The number of carbonyl (C=O) groups excluding carboxylic acids is 1. The molecule has 1 aromatic rings. The molecule has 1 amide bonds. The van der Waals surface area contributed by atoms with Crippen molar-refractivity contribution in [3.63, 3.8) is 0 Å². The lowest BCUT2D eigenvalue weighted by Gasteiger charge is -2.36. The molecular formula is C17H23NO5. The summed E-state index contributed by atoms with van der Waals surface area (Å²) >= 11 is 0. The van der Waals surface area contributed by atoms with Gasteiger partial charge in [-0.25, -0.2) is 4.79 Å². The normalized spacial score (nSPS) is 18.1. The third kappa shape index (κ3) is 4.53. The molecule has 0 bridgehead atoms. The van der Waals surface area contributed by atoms with Crippen molar-refractivity contribution < 1.29 is 24.2 Å². The first kappa shape index (κ1) is 17.4. The lowest BCUT2D eigenvalue weighted by Crippen LogP contribution is -2.55. The van der Waals surface area contributed by atoms with Crippen LogP contribution in [0.5, 0.6) is 0 Å². The Bertz CT molecular complexity index is 525. The second-order valence-electron chi connectivity index (χ2n) is 5.65. The van der Waals surface area contributed by atoms with E-state index in [0.717, 1.165) is 5.56 Å². The zero-order valence-electron chi connectivity index (χ0n) is 13.3. The van der Waals surface area contributed by atoms with Gasteiger partial charge < -0.3 is 19.9 Å². The molecular weight excluding hydrogens is 298 g/mol. The van der Waals surface area contributed by atoms with Crippen molar-refractivity contribution in [2.45, 2.75) is 44.4 Å². The first-order chi connectivity index (χ1) is 11.1. The standard InChI is InChI=1S/C17H23NO5/c1-2-14(15(19)20)18-16(21)17(8-10-22-11-9-17)23-12-13-6-4-3-5-7-13/h3-7,14H,2,8-12H2,1H3,(H,18,21)(H,19,20). The smallest absolute Gasteiger partial charge is 0.326 e. The van der Waals surface area contributed by atoms with Crippen molar-refractivity contribution in [1.29, 1.82) is 0 Å². The van der Waals surface area contributed by atoms with Gasteiger partial charge in [0.1, 0.15) is 6.04 Å². The van der Waals surface area contributed by atoms with Gasteiger partial charge in [-0.05, 0) is 12.0 Å². The molecule has 2 N–H and O–H groups in total. The van der Waals surface area contributed by atoms with Crippen molar-refractivity contribution in [2.75, 3.05) is 13.2 Å². The minimum absolute atomic E-state index is 0.304. The first-order valence-corrected chi connectivity index (χ1v) is 7.87. The second kappa shape index (κ2) is 8.08. The van der Waals surface area contributed by atoms with Crippen LogP contribution in [0.2, 0.25) is 0 Å². The van der Waals surface area contributed by atoms with E-state index in [1.165, 1.54) is 0 Å². The van der Waals surface area contributed by atoms with Gasteiger partial charge in [0, 0.05) is 26.1 Å². The van der Waals surface area contributed by atoms with Gasteiger partial charge in [0.25, 0.3) is 5.91 Å². The fourth-order valence-corrected chi connectivity index (χ4v) is 2.56. The molecule has 0 aliphatic carbocycles. The van der Waals surface area contributed by atoms with E-state index >= 15 is 0 Å². The van der Waals surface area contributed by atoms with Crippen LogP contribution in [-0.4, -0.2) is 41.8 Å². The number of ether oxygens (including phenoxy) is 2. The van der Waals surface area contributed by atoms with E-state index in [1.54, 1.807) is 6.92 Å². The maximum absolute atomic E-state index is 12.7. The average molecular weight is 321 g/mol. The second-order valence-corrected chi connectivity index (χ2v) is 5.65. The molecule has 1 fully saturated rings. The van der Waals surface area contributed by atoms with Crippen LogP contribution in [0.1, 0.15) is 31.7 Å². The average Bonchev–Trinajstić information content (AvgIpc) is 2.59. The highest BCUT2D eigenvalue weighted by Crippen LogP contribution is 2.27. The molecule has 0 saturated carbocycles. The summed E-state index contributed by atoms with van der Waals surface area (Å²) in [5.74, 6) is -1.41. The number of aliphatic carboxylic acids is 1. The summed E-state index contributed by atoms with van der Waals surface area (Å²) in [5.41, 5.74) is -0.0619. The van der Waals surface area contributed by atoms with Crippen molar-refractivity contribution in [1.82, 2.24) is 5.32 Å². The summed E-state index contributed by atoms with van der Waals surface area (Å²) in [4.78, 5) is 23.8. The third-order valence-electron chi connectivity index (χ3n) is 4.08. The lowest BCUT2D eigenvalue weighted by atomic mass is 9.92. The Hall–Kier alpha value is -1.92. The fourth-order valence-electron chi connectivity index (χ4n) is 2.56. The molecule has 0 aromatic heterocycles. The molecule has 2 rings (SSSR count). The zero-order valence-corrected chi connectivity index (χ0v) is 13.3. The van der Waals surface area contributed by atoms with Crippen LogP contribution in [0, 0.1) is 0 Å². The number of amides is 1. The molecule has 126 valence electrons. The minimum Gasteiger partial charge on any atom is -0.480 e. The Morgan fingerprint density at radius 3 is 2.52 bits per heavy atom.